The number of likely N-dealkylation sites (N-methyl/N-ethyl adjacent to an activating group) is 1. The van der Waals surface area contributed by atoms with Crippen molar-refractivity contribution < 1.29 is 42.1 Å². The van der Waals surface area contributed by atoms with Crippen LogP contribution >= 0.6 is 7.82 Å². The summed E-state index contributed by atoms with van der Waals surface area (Å²) in [5.41, 5.74) is 0. The fourth-order valence-corrected chi connectivity index (χ4v) is 6.31. The van der Waals surface area contributed by atoms with Gasteiger partial charge in [-0.2, -0.15) is 0 Å². The van der Waals surface area contributed by atoms with Gasteiger partial charge in [0.1, 0.15) is 19.8 Å². The largest absolute Gasteiger partial charge is 0.756 e. The molecule has 0 aromatic rings. The van der Waals surface area contributed by atoms with Crippen LogP contribution in [0.25, 0.3) is 0 Å². The topological polar surface area (TPSA) is 111 Å². The summed E-state index contributed by atoms with van der Waals surface area (Å²) in [6.07, 6.45) is 36.3. The van der Waals surface area contributed by atoms with E-state index in [1.54, 1.807) is 0 Å². The average molecular weight is 758 g/mol. The summed E-state index contributed by atoms with van der Waals surface area (Å²) < 4.78 is 33.8. The molecule has 2 unspecified atom stereocenters. The highest BCUT2D eigenvalue weighted by Crippen LogP contribution is 2.38. The Bertz CT molecular complexity index is 949. The molecule has 0 amide bonds. The molecule has 0 saturated heterocycles. The highest BCUT2D eigenvalue weighted by Gasteiger charge is 2.21. The lowest BCUT2D eigenvalue weighted by molar-refractivity contribution is -0.870. The molecule has 0 aliphatic carbocycles. The Labute approximate surface area is 319 Å². The Morgan fingerprint density at radius 2 is 0.981 bits per heavy atom. The summed E-state index contributed by atoms with van der Waals surface area (Å²) in [6.45, 7) is 4.18. The van der Waals surface area contributed by atoms with Crippen LogP contribution in [0.1, 0.15) is 181 Å². The number of phosphoric ester groups is 1. The summed E-state index contributed by atoms with van der Waals surface area (Å²) in [6, 6.07) is 0. The SMILES string of the molecule is CCCCCCCC/C=C\CCCCCCCC(=O)OC(COC(=O)CCCCC/C=C\CCCCCCCC)COP(=O)([O-])OCC[N+](C)(C)C. The lowest BCUT2D eigenvalue weighted by atomic mass is 10.1. The molecule has 0 aliphatic rings. The third-order valence-corrected chi connectivity index (χ3v) is 9.91. The minimum absolute atomic E-state index is 0.0336. The smallest absolute Gasteiger partial charge is 0.306 e. The van der Waals surface area contributed by atoms with Crippen molar-refractivity contribution in [2.45, 2.75) is 187 Å². The van der Waals surface area contributed by atoms with Crippen LogP contribution in [-0.4, -0.2) is 70.0 Å². The summed E-state index contributed by atoms with van der Waals surface area (Å²) in [7, 11) is 1.15. The third kappa shape index (κ3) is 38.2. The Kier molecular flexibility index (Phi) is 34.2. The van der Waals surface area contributed by atoms with E-state index in [0.29, 0.717) is 23.9 Å². The van der Waals surface area contributed by atoms with Gasteiger partial charge in [-0.15, -0.1) is 0 Å². The van der Waals surface area contributed by atoms with Crippen molar-refractivity contribution in [2.24, 2.45) is 0 Å². The van der Waals surface area contributed by atoms with E-state index in [4.69, 9.17) is 18.5 Å². The van der Waals surface area contributed by atoms with E-state index in [1.807, 2.05) is 21.1 Å². The quantitative estimate of drug-likeness (QED) is 0.0201. The van der Waals surface area contributed by atoms with Gasteiger partial charge in [-0.25, -0.2) is 0 Å². The molecule has 0 aromatic carbocycles. The maximum absolute atomic E-state index is 12.6. The zero-order valence-electron chi connectivity index (χ0n) is 34.3. The van der Waals surface area contributed by atoms with Gasteiger partial charge in [0.25, 0.3) is 7.82 Å². The number of ether oxygens (including phenoxy) is 2. The zero-order valence-corrected chi connectivity index (χ0v) is 35.2. The van der Waals surface area contributed by atoms with Crippen LogP contribution in [0.2, 0.25) is 0 Å². The van der Waals surface area contributed by atoms with Crippen molar-refractivity contribution in [1.82, 2.24) is 0 Å². The van der Waals surface area contributed by atoms with Crippen LogP contribution < -0.4 is 4.89 Å². The number of unbranched alkanes of at least 4 members (excludes halogenated alkanes) is 20. The molecule has 0 aliphatic heterocycles. The average Bonchev–Trinajstić information content (AvgIpc) is 3.09. The maximum Gasteiger partial charge on any atom is 0.306 e. The molecule has 0 radical (unpaired) electrons. The number of quaternary nitrogens is 1. The number of carbonyl (C=O) groups excluding carboxylic acids is 2. The summed E-state index contributed by atoms with van der Waals surface area (Å²) in [4.78, 5) is 37.4. The van der Waals surface area contributed by atoms with Crippen LogP contribution in [-0.2, 0) is 32.7 Å². The zero-order chi connectivity index (χ0) is 38.6. The first kappa shape index (κ1) is 50.5. The number of hydrogen-bond acceptors (Lipinski definition) is 8. The second-order valence-electron chi connectivity index (χ2n) is 15.3. The summed E-state index contributed by atoms with van der Waals surface area (Å²) in [5, 5.41) is 0. The van der Waals surface area contributed by atoms with Crippen LogP contribution in [0.4, 0.5) is 0 Å². The van der Waals surface area contributed by atoms with Crippen molar-refractivity contribution in [2.75, 3.05) is 47.5 Å². The highest BCUT2D eigenvalue weighted by molar-refractivity contribution is 7.45. The predicted molar refractivity (Wildman–Crippen MR) is 213 cm³/mol. The molecule has 306 valence electrons. The Morgan fingerprint density at radius 3 is 1.44 bits per heavy atom. The van der Waals surface area contributed by atoms with Gasteiger partial charge in [0.2, 0.25) is 0 Å². The van der Waals surface area contributed by atoms with Crippen LogP contribution in [0.3, 0.4) is 0 Å². The van der Waals surface area contributed by atoms with Gasteiger partial charge in [-0.05, 0) is 64.2 Å². The molecule has 0 bridgehead atoms. The number of esters is 2. The van der Waals surface area contributed by atoms with E-state index >= 15 is 0 Å². The van der Waals surface area contributed by atoms with Crippen molar-refractivity contribution in [3.63, 3.8) is 0 Å². The first-order valence-electron chi connectivity index (χ1n) is 21.0. The van der Waals surface area contributed by atoms with Crippen LogP contribution in [0, 0.1) is 0 Å². The van der Waals surface area contributed by atoms with Gasteiger partial charge in [0.15, 0.2) is 6.10 Å². The first-order valence-corrected chi connectivity index (χ1v) is 22.5. The van der Waals surface area contributed by atoms with Gasteiger partial charge in [-0.3, -0.25) is 14.2 Å². The van der Waals surface area contributed by atoms with E-state index in [-0.39, 0.29) is 26.1 Å². The molecule has 0 heterocycles. The van der Waals surface area contributed by atoms with Crippen molar-refractivity contribution in [3.8, 4) is 0 Å². The van der Waals surface area contributed by atoms with Crippen molar-refractivity contribution >= 4 is 19.8 Å². The number of rotatable bonds is 38. The first-order chi connectivity index (χ1) is 25.0. The van der Waals surface area contributed by atoms with Crippen molar-refractivity contribution in [1.29, 1.82) is 0 Å². The molecule has 10 heteroatoms. The summed E-state index contributed by atoms with van der Waals surface area (Å²) in [5.74, 6) is -0.861. The molecule has 0 N–H and O–H groups in total. The van der Waals surface area contributed by atoms with Gasteiger partial charge < -0.3 is 27.9 Å². The molecular weight excluding hydrogens is 677 g/mol. The maximum atomic E-state index is 12.6. The molecular formula is C42H80NO8P. The minimum Gasteiger partial charge on any atom is -0.756 e. The number of hydrogen-bond donors (Lipinski definition) is 0. The summed E-state index contributed by atoms with van der Waals surface area (Å²) >= 11 is 0. The van der Waals surface area contributed by atoms with E-state index in [1.165, 1.54) is 83.5 Å². The standard InChI is InChI=1S/C42H80NO8P/c1-6-8-10-12-14-16-18-20-21-23-25-27-29-31-33-35-42(45)51-40(39-50-52(46,47)49-37-36-43(3,4)5)38-48-41(44)34-32-30-28-26-24-22-19-17-15-13-11-9-7-2/h20-22,24,40H,6-19,23,25-39H2,1-5H3/b21-20-,24-22-. The fourth-order valence-electron chi connectivity index (χ4n) is 5.58. The predicted octanol–water partition coefficient (Wildman–Crippen LogP) is 10.9. The molecule has 0 spiro atoms. The number of carbonyl (C=O) groups is 2. The minimum atomic E-state index is -4.62. The van der Waals surface area contributed by atoms with Crippen LogP contribution in [0.5, 0.6) is 0 Å². The lowest BCUT2D eigenvalue weighted by Gasteiger charge is -2.28. The third-order valence-electron chi connectivity index (χ3n) is 8.94. The number of nitrogens with zero attached hydrogens (tertiary/aromatic N) is 1. The van der Waals surface area contributed by atoms with E-state index < -0.39 is 32.5 Å². The van der Waals surface area contributed by atoms with Crippen molar-refractivity contribution in [3.05, 3.63) is 24.3 Å². The van der Waals surface area contributed by atoms with Gasteiger partial charge in [0, 0.05) is 12.8 Å². The number of phosphoric acid groups is 1. The lowest BCUT2D eigenvalue weighted by Crippen LogP contribution is -2.37. The molecule has 0 rings (SSSR count). The second kappa shape index (κ2) is 35.2. The normalized spacial score (nSPS) is 13.9. The highest BCUT2D eigenvalue weighted by atomic mass is 31.2. The monoisotopic (exact) mass is 758 g/mol. The van der Waals surface area contributed by atoms with Crippen LogP contribution in [0.15, 0.2) is 24.3 Å². The second-order valence-corrected chi connectivity index (χ2v) is 16.8. The molecule has 0 saturated carbocycles. The van der Waals surface area contributed by atoms with Gasteiger partial charge >= 0.3 is 11.9 Å². The Morgan fingerprint density at radius 1 is 0.577 bits per heavy atom. The fraction of sp³-hybridized carbons (Fsp3) is 0.857. The number of allylic oxidation sites excluding steroid dienone is 4. The Hall–Kier alpha value is -1.51. The molecule has 2 atom stereocenters. The van der Waals surface area contributed by atoms with Gasteiger partial charge in [0.05, 0.1) is 27.7 Å². The molecule has 0 aromatic heterocycles. The van der Waals surface area contributed by atoms with Gasteiger partial charge in [-0.1, -0.05) is 128 Å². The molecule has 52 heavy (non-hydrogen) atoms. The molecule has 0 fully saturated rings. The Balaban J connectivity index is 4.42. The molecule has 9 nitrogen and oxygen atoms in total. The van der Waals surface area contributed by atoms with E-state index in [0.717, 1.165) is 57.8 Å². The van der Waals surface area contributed by atoms with E-state index in [9.17, 15) is 19.0 Å². The van der Waals surface area contributed by atoms with E-state index in [2.05, 4.69) is 38.2 Å².